The van der Waals surface area contributed by atoms with Crippen molar-refractivity contribution in [3.8, 4) is 0 Å². The lowest BCUT2D eigenvalue weighted by atomic mass is 9.97. The number of unbranched alkanes of at least 4 members (excludes halogenated alkanes) is 1. The third-order valence-corrected chi connectivity index (χ3v) is 3.06. The quantitative estimate of drug-likeness (QED) is 0.733. The predicted octanol–water partition coefficient (Wildman–Crippen LogP) is 1.10. The van der Waals surface area contributed by atoms with Crippen molar-refractivity contribution in [1.82, 2.24) is 10.2 Å². The molecule has 0 bridgehead atoms. The smallest absolute Gasteiger partial charge is 0.227 e. The largest absolute Gasteiger partial charge is 0.345 e. The van der Waals surface area contributed by atoms with Crippen molar-refractivity contribution in [1.29, 1.82) is 0 Å². The molecule has 1 rings (SSSR count). The average molecular weight is 198 g/mol. The second-order valence-corrected chi connectivity index (χ2v) is 4.36. The highest BCUT2D eigenvalue weighted by molar-refractivity contribution is 5.79. The summed E-state index contributed by atoms with van der Waals surface area (Å²) in [4.78, 5) is 13.8. The lowest BCUT2D eigenvalue weighted by molar-refractivity contribution is -0.134. The van der Waals surface area contributed by atoms with Gasteiger partial charge in [-0.05, 0) is 18.9 Å². The van der Waals surface area contributed by atoms with Crippen LogP contribution < -0.4 is 5.32 Å². The number of nitrogens with zero attached hydrogens (tertiary/aromatic N) is 1. The standard InChI is InChI=1S/C11H22N2O/c1-4-5-6-13(3)11(14)10-8-12-7-9(10)2/h9-10,12H,4-8H2,1-3H3. The monoisotopic (exact) mass is 198 g/mol. The van der Waals surface area contributed by atoms with Crippen molar-refractivity contribution in [2.45, 2.75) is 26.7 Å². The fraction of sp³-hybridized carbons (Fsp3) is 0.909. The molecule has 1 aliphatic rings. The van der Waals surface area contributed by atoms with E-state index < -0.39 is 0 Å². The van der Waals surface area contributed by atoms with Gasteiger partial charge in [0.25, 0.3) is 0 Å². The summed E-state index contributed by atoms with van der Waals surface area (Å²) < 4.78 is 0. The molecule has 1 saturated heterocycles. The average Bonchev–Trinajstić information content (AvgIpc) is 2.59. The van der Waals surface area contributed by atoms with Crippen molar-refractivity contribution >= 4 is 5.91 Å². The molecular weight excluding hydrogens is 176 g/mol. The summed E-state index contributed by atoms with van der Waals surface area (Å²) in [5, 5.41) is 3.27. The third kappa shape index (κ3) is 2.71. The van der Waals surface area contributed by atoms with E-state index >= 15 is 0 Å². The van der Waals surface area contributed by atoms with Crippen LogP contribution in [-0.4, -0.2) is 37.5 Å². The molecule has 1 amide bonds. The summed E-state index contributed by atoms with van der Waals surface area (Å²) in [5.41, 5.74) is 0. The predicted molar refractivity (Wildman–Crippen MR) is 58.1 cm³/mol. The van der Waals surface area contributed by atoms with E-state index in [1.807, 2.05) is 11.9 Å². The molecule has 3 heteroatoms. The van der Waals surface area contributed by atoms with Gasteiger partial charge in [0.2, 0.25) is 5.91 Å². The van der Waals surface area contributed by atoms with E-state index in [9.17, 15) is 4.79 Å². The number of hydrogen-bond donors (Lipinski definition) is 1. The lowest BCUT2D eigenvalue weighted by Crippen LogP contribution is -2.36. The molecule has 1 aliphatic heterocycles. The third-order valence-electron chi connectivity index (χ3n) is 3.06. The normalized spacial score (nSPS) is 26.5. The number of carbonyl (C=O) groups is 1. The van der Waals surface area contributed by atoms with E-state index in [4.69, 9.17) is 0 Å². The summed E-state index contributed by atoms with van der Waals surface area (Å²) in [7, 11) is 1.92. The van der Waals surface area contributed by atoms with Gasteiger partial charge >= 0.3 is 0 Å². The van der Waals surface area contributed by atoms with Crippen LogP contribution in [0.3, 0.4) is 0 Å². The molecule has 14 heavy (non-hydrogen) atoms. The van der Waals surface area contributed by atoms with Crippen molar-refractivity contribution in [2.24, 2.45) is 11.8 Å². The van der Waals surface area contributed by atoms with Crippen LogP contribution >= 0.6 is 0 Å². The lowest BCUT2D eigenvalue weighted by Gasteiger charge is -2.22. The Kier molecular flexibility index (Phi) is 4.39. The summed E-state index contributed by atoms with van der Waals surface area (Å²) in [6.45, 7) is 7.04. The van der Waals surface area contributed by atoms with Crippen molar-refractivity contribution in [3.05, 3.63) is 0 Å². The maximum Gasteiger partial charge on any atom is 0.227 e. The molecule has 3 nitrogen and oxygen atoms in total. The van der Waals surface area contributed by atoms with Crippen LogP contribution in [0.15, 0.2) is 0 Å². The number of carbonyl (C=O) groups excluding carboxylic acids is 1. The molecular formula is C11H22N2O. The summed E-state index contributed by atoms with van der Waals surface area (Å²) >= 11 is 0. The van der Waals surface area contributed by atoms with E-state index in [-0.39, 0.29) is 5.92 Å². The Morgan fingerprint density at radius 2 is 2.21 bits per heavy atom. The first-order valence-corrected chi connectivity index (χ1v) is 5.62. The Hall–Kier alpha value is -0.570. The molecule has 0 spiro atoms. The molecule has 1 fully saturated rings. The van der Waals surface area contributed by atoms with Gasteiger partial charge in [-0.3, -0.25) is 4.79 Å². The van der Waals surface area contributed by atoms with Crippen LogP contribution in [0, 0.1) is 11.8 Å². The minimum atomic E-state index is 0.205. The highest BCUT2D eigenvalue weighted by Gasteiger charge is 2.31. The molecule has 2 atom stereocenters. The number of amides is 1. The minimum absolute atomic E-state index is 0.205. The van der Waals surface area contributed by atoms with E-state index in [0.29, 0.717) is 11.8 Å². The maximum atomic E-state index is 11.9. The first-order chi connectivity index (χ1) is 6.66. The number of hydrogen-bond acceptors (Lipinski definition) is 2. The van der Waals surface area contributed by atoms with Crippen LogP contribution in [0.25, 0.3) is 0 Å². The highest BCUT2D eigenvalue weighted by atomic mass is 16.2. The van der Waals surface area contributed by atoms with Gasteiger partial charge in [0.1, 0.15) is 0 Å². The molecule has 0 saturated carbocycles. The molecule has 1 heterocycles. The summed E-state index contributed by atoms with van der Waals surface area (Å²) in [6.07, 6.45) is 2.26. The van der Waals surface area contributed by atoms with E-state index in [1.54, 1.807) is 0 Å². The molecule has 82 valence electrons. The first-order valence-electron chi connectivity index (χ1n) is 5.62. The molecule has 0 aromatic heterocycles. The minimum Gasteiger partial charge on any atom is -0.345 e. The Bertz CT molecular complexity index is 194. The van der Waals surface area contributed by atoms with Gasteiger partial charge in [0.15, 0.2) is 0 Å². The molecule has 2 unspecified atom stereocenters. The van der Waals surface area contributed by atoms with Crippen LogP contribution in [0.5, 0.6) is 0 Å². The fourth-order valence-corrected chi connectivity index (χ4v) is 1.93. The zero-order valence-corrected chi connectivity index (χ0v) is 9.55. The summed E-state index contributed by atoms with van der Waals surface area (Å²) in [5.74, 6) is 1.01. The van der Waals surface area contributed by atoms with Gasteiger partial charge in [0, 0.05) is 20.1 Å². The fourth-order valence-electron chi connectivity index (χ4n) is 1.93. The number of nitrogens with one attached hydrogen (secondary N) is 1. The highest BCUT2D eigenvalue weighted by Crippen LogP contribution is 2.18. The van der Waals surface area contributed by atoms with Gasteiger partial charge in [-0.1, -0.05) is 20.3 Å². The van der Waals surface area contributed by atoms with Crippen molar-refractivity contribution in [2.75, 3.05) is 26.7 Å². The van der Waals surface area contributed by atoms with Crippen molar-refractivity contribution in [3.63, 3.8) is 0 Å². The SMILES string of the molecule is CCCCN(C)C(=O)C1CNCC1C. The zero-order valence-electron chi connectivity index (χ0n) is 9.55. The van der Waals surface area contributed by atoms with Gasteiger partial charge in [-0.2, -0.15) is 0 Å². The second kappa shape index (κ2) is 5.35. The maximum absolute atomic E-state index is 11.9. The molecule has 0 aliphatic carbocycles. The van der Waals surface area contributed by atoms with Crippen LogP contribution in [0.2, 0.25) is 0 Å². The van der Waals surface area contributed by atoms with Crippen LogP contribution in [0.4, 0.5) is 0 Å². The van der Waals surface area contributed by atoms with Gasteiger partial charge < -0.3 is 10.2 Å². The molecule has 1 N–H and O–H groups in total. The summed E-state index contributed by atoms with van der Waals surface area (Å²) in [6, 6.07) is 0. The zero-order chi connectivity index (χ0) is 10.6. The molecule has 0 aromatic carbocycles. The van der Waals surface area contributed by atoms with E-state index in [2.05, 4.69) is 19.2 Å². The molecule has 0 radical (unpaired) electrons. The van der Waals surface area contributed by atoms with Gasteiger partial charge in [0.05, 0.1) is 5.92 Å². The Morgan fingerprint density at radius 1 is 1.50 bits per heavy atom. The Balaban J connectivity index is 2.39. The van der Waals surface area contributed by atoms with Crippen molar-refractivity contribution < 1.29 is 4.79 Å². The van der Waals surface area contributed by atoms with Gasteiger partial charge in [-0.25, -0.2) is 0 Å². The van der Waals surface area contributed by atoms with E-state index in [0.717, 1.165) is 32.5 Å². The first kappa shape index (κ1) is 11.5. The second-order valence-electron chi connectivity index (χ2n) is 4.36. The molecule has 0 aromatic rings. The van der Waals surface area contributed by atoms with Crippen LogP contribution in [-0.2, 0) is 4.79 Å². The van der Waals surface area contributed by atoms with Gasteiger partial charge in [-0.15, -0.1) is 0 Å². The Morgan fingerprint density at radius 3 is 2.71 bits per heavy atom. The Labute approximate surface area is 86.9 Å². The van der Waals surface area contributed by atoms with Crippen LogP contribution in [0.1, 0.15) is 26.7 Å². The topological polar surface area (TPSA) is 32.3 Å². The number of rotatable bonds is 4. The van der Waals surface area contributed by atoms with E-state index in [1.165, 1.54) is 0 Å².